The molecule has 0 aliphatic rings. The molecule has 2 N–H and O–H groups in total. The van der Waals surface area contributed by atoms with Crippen LogP contribution in [0.5, 0.6) is 0 Å². The minimum absolute atomic E-state index is 0.0119. The maximum absolute atomic E-state index is 12.1. The second-order valence-corrected chi connectivity index (χ2v) is 5.45. The lowest BCUT2D eigenvalue weighted by molar-refractivity contribution is 0.0913. The Hall–Kier alpha value is -1.73. The number of hydrogen-bond donors (Lipinski definition) is 2. The quantitative estimate of drug-likeness (QED) is 0.858. The van der Waals surface area contributed by atoms with E-state index < -0.39 is 5.91 Å². The number of aliphatic hydroxyl groups excluding tert-OH is 1. The predicted molar refractivity (Wildman–Crippen MR) is 72.7 cm³/mol. The number of thiazole rings is 1. The van der Waals surface area contributed by atoms with E-state index in [1.165, 1.54) is 21.9 Å². The number of aliphatic hydroxyl groups is 1. The topological polar surface area (TPSA) is 83.7 Å². The molecule has 0 radical (unpaired) electrons. The van der Waals surface area contributed by atoms with E-state index in [0.29, 0.717) is 11.4 Å². The number of nitrogens with one attached hydrogen (secondary N) is 1. The fourth-order valence-corrected chi connectivity index (χ4v) is 2.48. The van der Waals surface area contributed by atoms with Crippen LogP contribution in [0.4, 0.5) is 0 Å². The van der Waals surface area contributed by atoms with Crippen molar-refractivity contribution in [2.24, 2.45) is 0 Å². The summed E-state index contributed by atoms with van der Waals surface area (Å²) < 4.78 is 1.37. The average molecular weight is 281 g/mol. The van der Waals surface area contributed by atoms with Crippen LogP contribution in [0.25, 0.3) is 4.96 Å². The summed E-state index contributed by atoms with van der Waals surface area (Å²) in [6.07, 6.45) is 3.54. The Labute approximate surface area is 113 Å². The molecule has 1 unspecified atom stereocenters. The van der Waals surface area contributed by atoms with Crippen molar-refractivity contribution < 1.29 is 9.90 Å². The third-order valence-electron chi connectivity index (χ3n) is 2.82. The van der Waals surface area contributed by atoms with Gasteiger partial charge in [-0.2, -0.15) is 0 Å². The van der Waals surface area contributed by atoms with Crippen LogP contribution in [0.2, 0.25) is 0 Å². The number of nitrogens with zero attached hydrogens (tertiary/aromatic N) is 2. The highest BCUT2D eigenvalue weighted by Gasteiger charge is 2.17. The summed E-state index contributed by atoms with van der Waals surface area (Å²) in [5, 5.41) is 11.7. The first kappa shape index (κ1) is 13.7. The van der Waals surface area contributed by atoms with Gasteiger partial charge in [0.25, 0.3) is 11.5 Å². The van der Waals surface area contributed by atoms with Crippen molar-refractivity contribution in [1.82, 2.24) is 14.7 Å². The molecule has 2 heterocycles. The van der Waals surface area contributed by atoms with Gasteiger partial charge in [-0.05, 0) is 13.3 Å². The smallest absolute Gasteiger partial charge is 0.271 e. The van der Waals surface area contributed by atoms with E-state index in [2.05, 4.69) is 10.3 Å². The Kier molecular flexibility index (Phi) is 3.96. The van der Waals surface area contributed by atoms with E-state index in [4.69, 9.17) is 5.11 Å². The molecule has 0 bridgehead atoms. The lowest BCUT2D eigenvalue weighted by atomic mass is 10.2. The van der Waals surface area contributed by atoms with Crippen LogP contribution < -0.4 is 10.9 Å². The lowest BCUT2D eigenvalue weighted by Gasteiger charge is -2.13. The van der Waals surface area contributed by atoms with E-state index in [1.54, 1.807) is 6.20 Å². The molecule has 2 aromatic rings. The fourth-order valence-electron chi connectivity index (χ4n) is 1.69. The van der Waals surface area contributed by atoms with Crippen LogP contribution in [-0.4, -0.2) is 33.0 Å². The first-order chi connectivity index (χ1) is 9.06. The van der Waals surface area contributed by atoms with E-state index in [1.807, 2.05) is 13.8 Å². The van der Waals surface area contributed by atoms with Crippen molar-refractivity contribution >= 4 is 22.2 Å². The molecule has 0 aromatic carbocycles. The number of rotatable bonds is 4. The zero-order valence-electron chi connectivity index (χ0n) is 10.7. The summed E-state index contributed by atoms with van der Waals surface area (Å²) in [7, 11) is 0. The molecule has 0 aliphatic heterocycles. The normalized spacial score (nSPS) is 12.6. The van der Waals surface area contributed by atoms with Crippen LogP contribution in [0.1, 0.15) is 28.6 Å². The van der Waals surface area contributed by atoms with Crippen molar-refractivity contribution in [3.05, 3.63) is 33.2 Å². The maximum atomic E-state index is 12.1. The minimum Gasteiger partial charge on any atom is -0.394 e. The van der Waals surface area contributed by atoms with E-state index in [0.717, 1.165) is 4.88 Å². The standard InChI is InChI=1S/C12H15N3O3S/c1-3-8(6-16)14-10(17)9-4-13-12-15(11(9)18)5-7(2)19-12/h4-5,8,16H,3,6H2,1-2H3,(H,14,17). The molecule has 1 atom stereocenters. The molecule has 0 spiro atoms. The zero-order valence-corrected chi connectivity index (χ0v) is 11.5. The molecule has 0 saturated heterocycles. The van der Waals surface area contributed by atoms with Gasteiger partial charge >= 0.3 is 0 Å². The van der Waals surface area contributed by atoms with Gasteiger partial charge in [-0.15, -0.1) is 11.3 Å². The number of fused-ring (bicyclic) bond motifs is 1. The Morgan fingerprint density at radius 2 is 2.37 bits per heavy atom. The average Bonchev–Trinajstić information content (AvgIpc) is 2.77. The zero-order chi connectivity index (χ0) is 14.0. The Balaban J connectivity index is 2.37. The molecule has 102 valence electrons. The van der Waals surface area contributed by atoms with E-state index >= 15 is 0 Å². The van der Waals surface area contributed by atoms with E-state index in [9.17, 15) is 9.59 Å². The van der Waals surface area contributed by atoms with Crippen molar-refractivity contribution in [3.63, 3.8) is 0 Å². The number of aromatic nitrogens is 2. The van der Waals surface area contributed by atoms with Gasteiger partial charge in [0.15, 0.2) is 4.96 Å². The molecular weight excluding hydrogens is 266 g/mol. The van der Waals surface area contributed by atoms with Crippen molar-refractivity contribution in [2.45, 2.75) is 26.3 Å². The first-order valence-electron chi connectivity index (χ1n) is 5.96. The lowest BCUT2D eigenvalue weighted by Crippen LogP contribution is -2.39. The number of carbonyl (C=O) groups excluding carboxylic acids is 1. The van der Waals surface area contributed by atoms with Crippen LogP contribution in [0.15, 0.2) is 17.2 Å². The molecule has 2 aromatic heterocycles. The molecule has 0 fully saturated rings. The highest BCUT2D eigenvalue weighted by atomic mass is 32.1. The second-order valence-electron chi connectivity index (χ2n) is 4.23. The predicted octanol–water partition coefficient (Wildman–Crippen LogP) is 0.565. The summed E-state index contributed by atoms with van der Waals surface area (Å²) in [5.41, 5.74) is -0.401. The van der Waals surface area contributed by atoms with Crippen LogP contribution in [0, 0.1) is 6.92 Å². The molecule has 2 rings (SSSR count). The molecule has 1 amide bonds. The summed E-state index contributed by atoms with van der Waals surface area (Å²) in [6, 6.07) is -0.350. The molecule has 0 aliphatic carbocycles. The van der Waals surface area contributed by atoms with Gasteiger partial charge in [0.2, 0.25) is 0 Å². The Bertz CT molecular complexity index is 658. The van der Waals surface area contributed by atoms with Gasteiger partial charge < -0.3 is 10.4 Å². The minimum atomic E-state index is -0.503. The third-order valence-corrected chi connectivity index (χ3v) is 3.73. The van der Waals surface area contributed by atoms with Crippen LogP contribution in [0.3, 0.4) is 0 Å². The van der Waals surface area contributed by atoms with Crippen molar-refractivity contribution in [3.8, 4) is 0 Å². The highest BCUT2D eigenvalue weighted by molar-refractivity contribution is 7.16. The fraction of sp³-hybridized carbons (Fsp3) is 0.417. The van der Waals surface area contributed by atoms with Gasteiger partial charge in [-0.1, -0.05) is 6.92 Å². The van der Waals surface area contributed by atoms with Gasteiger partial charge in [-0.3, -0.25) is 14.0 Å². The van der Waals surface area contributed by atoms with Gasteiger partial charge in [0, 0.05) is 17.3 Å². The van der Waals surface area contributed by atoms with Crippen molar-refractivity contribution in [1.29, 1.82) is 0 Å². The Morgan fingerprint density at radius 1 is 1.63 bits per heavy atom. The van der Waals surface area contributed by atoms with Crippen LogP contribution in [-0.2, 0) is 0 Å². The second kappa shape index (κ2) is 5.50. The van der Waals surface area contributed by atoms with E-state index in [-0.39, 0.29) is 23.8 Å². The number of aryl methyl sites for hydroxylation is 1. The molecule has 0 saturated carbocycles. The summed E-state index contributed by atoms with van der Waals surface area (Å²) in [5.74, 6) is -0.503. The number of carbonyl (C=O) groups is 1. The summed E-state index contributed by atoms with van der Waals surface area (Å²) in [4.78, 5) is 29.7. The van der Waals surface area contributed by atoms with Gasteiger partial charge in [0.05, 0.1) is 12.6 Å². The molecule has 7 heteroatoms. The summed E-state index contributed by atoms with van der Waals surface area (Å²) in [6.45, 7) is 3.56. The number of hydrogen-bond acceptors (Lipinski definition) is 5. The van der Waals surface area contributed by atoms with Crippen molar-refractivity contribution in [2.75, 3.05) is 6.61 Å². The molecule has 6 nitrogen and oxygen atoms in total. The summed E-state index contributed by atoms with van der Waals surface area (Å²) >= 11 is 1.39. The monoisotopic (exact) mass is 281 g/mol. The first-order valence-corrected chi connectivity index (χ1v) is 6.78. The van der Waals surface area contributed by atoms with Crippen LogP contribution >= 0.6 is 11.3 Å². The maximum Gasteiger partial charge on any atom is 0.271 e. The highest BCUT2D eigenvalue weighted by Crippen LogP contribution is 2.12. The van der Waals surface area contributed by atoms with Gasteiger partial charge in [-0.25, -0.2) is 4.98 Å². The largest absolute Gasteiger partial charge is 0.394 e. The Morgan fingerprint density at radius 3 is 3.00 bits per heavy atom. The molecular formula is C12H15N3O3S. The number of amides is 1. The SMILES string of the molecule is CCC(CO)NC(=O)c1cnc2sc(C)cn2c1=O. The molecule has 19 heavy (non-hydrogen) atoms. The third kappa shape index (κ3) is 2.66. The van der Waals surface area contributed by atoms with Gasteiger partial charge in [0.1, 0.15) is 5.56 Å².